The van der Waals surface area contributed by atoms with Crippen LogP contribution in [0.15, 0.2) is 42.5 Å². The summed E-state index contributed by atoms with van der Waals surface area (Å²) in [5.41, 5.74) is 0.297. The van der Waals surface area contributed by atoms with Gasteiger partial charge in [-0.15, -0.1) is 0 Å². The predicted octanol–water partition coefficient (Wildman–Crippen LogP) is 5.50. The van der Waals surface area contributed by atoms with Crippen molar-refractivity contribution in [1.82, 2.24) is 5.32 Å². The second kappa shape index (κ2) is 10.5. The maximum atomic E-state index is 13.2. The molecule has 28 heavy (non-hydrogen) atoms. The monoisotopic (exact) mass is 395 g/mol. The summed E-state index contributed by atoms with van der Waals surface area (Å²) in [6.45, 7) is 2.48. The smallest absolute Gasteiger partial charge is 0.416 e. The Labute approximate surface area is 164 Å². The Balaban J connectivity index is 1.89. The SMILES string of the molecule is Cc1ccc(CNC[C@H]2CC=CC[C@@H]2/C=C\CCCC(=O)O)c(C(F)(F)F)c1. The van der Waals surface area contributed by atoms with E-state index in [0.29, 0.717) is 30.4 Å². The summed E-state index contributed by atoms with van der Waals surface area (Å²) in [5.74, 6) is -0.145. The lowest BCUT2D eigenvalue weighted by Crippen LogP contribution is -2.29. The molecule has 0 aromatic heterocycles. The van der Waals surface area contributed by atoms with E-state index in [2.05, 4.69) is 23.5 Å². The minimum atomic E-state index is -4.35. The average molecular weight is 395 g/mol. The molecule has 0 saturated carbocycles. The second-order valence-electron chi connectivity index (χ2n) is 7.37. The zero-order chi connectivity index (χ0) is 20.6. The summed E-state index contributed by atoms with van der Waals surface area (Å²) < 4.78 is 39.7. The highest BCUT2D eigenvalue weighted by molar-refractivity contribution is 5.66. The van der Waals surface area contributed by atoms with Crippen LogP contribution in [0.4, 0.5) is 13.2 Å². The molecule has 0 spiro atoms. The number of unbranched alkanes of at least 4 members (excludes halogenated alkanes) is 1. The third-order valence-electron chi connectivity index (χ3n) is 5.06. The highest BCUT2D eigenvalue weighted by atomic mass is 19.4. The van der Waals surface area contributed by atoms with E-state index < -0.39 is 17.7 Å². The number of rotatable bonds is 9. The van der Waals surface area contributed by atoms with E-state index in [1.807, 2.05) is 6.08 Å². The summed E-state index contributed by atoms with van der Waals surface area (Å²) in [5, 5.41) is 11.9. The van der Waals surface area contributed by atoms with Crippen molar-refractivity contribution in [3.63, 3.8) is 0 Å². The number of carboxylic acids is 1. The molecule has 154 valence electrons. The number of alkyl halides is 3. The fourth-order valence-corrected chi connectivity index (χ4v) is 3.50. The lowest BCUT2D eigenvalue weighted by molar-refractivity contribution is -0.138. The zero-order valence-electron chi connectivity index (χ0n) is 16.1. The van der Waals surface area contributed by atoms with Gasteiger partial charge in [0.25, 0.3) is 0 Å². The van der Waals surface area contributed by atoms with Gasteiger partial charge < -0.3 is 10.4 Å². The molecule has 0 fully saturated rings. The van der Waals surface area contributed by atoms with Crippen molar-refractivity contribution in [1.29, 1.82) is 0 Å². The summed E-state index contributed by atoms with van der Waals surface area (Å²) >= 11 is 0. The van der Waals surface area contributed by atoms with Crippen LogP contribution < -0.4 is 5.32 Å². The van der Waals surface area contributed by atoms with E-state index in [0.717, 1.165) is 19.3 Å². The molecule has 0 radical (unpaired) electrons. The Bertz CT molecular complexity index is 710. The summed E-state index contributed by atoms with van der Waals surface area (Å²) in [6.07, 6.45) is 7.36. The van der Waals surface area contributed by atoms with E-state index >= 15 is 0 Å². The Morgan fingerprint density at radius 3 is 2.75 bits per heavy atom. The molecule has 0 saturated heterocycles. The number of allylic oxidation sites excluding steroid dienone is 4. The van der Waals surface area contributed by atoms with Crippen molar-refractivity contribution in [3.05, 3.63) is 59.2 Å². The Morgan fingerprint density at radius 2 is 2.04 bits per heavy atom. The van der Waals surface area contributed by atoms with E-state index in [-0.39, 0.29) is 18.5 Å². The third kappa shape index (κ3) is 7.15. The average Bonchev–Trinajstić information content (AvgIpc) is 2.62. The van der Waals surface area contributed by atoms with Crippen molar-refractivity contribution < 1.29 is 23.1 Å². The first kappa shape index (κ1) is 22.2. The fraction of sp³-hybridized carbons (Fsp3) is 0.500. The normalized spacial score (nSPS) is 20.0. The number of benzene rings is 1. The number of nitrogens with one attached hydrogen (secondary N) is 1. The van der Waals surface area contributed by atoms with Gasteiger partial charge in [0.15, 0.2) is 0 Å². The second-order valence-corrected chi connectivity index (χ2v) is 7.37. The Kier molecular flexibility index (Phi) is 8.30. The van der Waals surface area contributed by atoms with Gasteiger partial charge in [-0.25, -0.2) is 0 Å². The quantitative estimate of drug-likeness (QED) is 0.429. The van der Waals surface area contributed by atoms with Crippen LogP contribution in [0.25, 0.3) is 0 Å². The molecule has 0 bridgehead atoms. The van der Waals surface area contributed by atoms with Gasteiger partial charge in [0.1, 0.15) is 0 Å². The van der Waals surface area contributed by atoms with Gasteiger partial charge >= 0.3 is 12.1 Å². The van der Waals surface area contributed by atoms with Gasteiger partial charge in [0.05, 0.1) is 5.56 Å². The van der Waals surface area contributed by atoms with Crippen molar-refractivity contribution in [2.45, 2.75) is 51.7 Å². The molecule has 0 unspecified atom stereocenters. The van der Waals surface area contributed by atoms with Crippen molar-refractivity contribution >= 4 is 5.97 Å². The van der Waals surface area contributed by atoms with Crippen LogP contribution in [0.2, 0.25) is 0 Å². The maximum Gasteiger partial charge on any atom is 0.416 e. The Morgan fingerprint density at radius 1 is 1.29 bits per heavy atom. The van der Waals surface area contributed by atoms with Crippen molar-refractivity contribution in [2.75, 3.05) is 6.54 Å². The number of halogens is 3. The first-order valence-corrected chi connectivity index (χ1v) is 9.68. The molecular weight excluding hydrogens is 367 g/mol. The highest BCUT2D eigenvalue weighted by Gasteiger charge is 2.33. The summed E-state index contributed by atoms with van der Waals surface area (Å²) in [4.78, 5) is 10.5. The van der Waals surface area contributed by atoms with Crippen LogP contribution in [-0.4, -0.2) is 17.6 Å². The fourth-order valence-electron chi connectivity index (χ4n) is 3.50. The van der Waals surface area contributed by atoms with Gasteiger partial charge in [-0.05, 0) is 62.6 Å². The number of carboxylic acid groups (broad SMARTS) is 1. The molecule has 0 aliphatic heterocycles. The van der Waals surface area contributed by atoms with E-state index in [4.69, 9.17) is 5.11 Å². The Hall–Kier alpha value is -2.08. The molecule has 1 aromatic rings. The molecule has 6 heteroatoms. The first-order chi connectivity index (χ1) is 13.3. The molecule has 0 amide bonds. The molecule has 3 nitrogen and oxygen atoms in total. The van der Waals surface area contributed by atoms with Gasteiger partial charge in [-0.3, -0.25) is 4.79 Å². The number of aryl methyl sites for hydroxylation is 1. The lowest BCUT2D eigenvalue weighted by Gasteiger charge is -2.27. The summed E-state index contributed by atoms with van der Waals surface area (Å²) in [6, 6.07) is 4.45. The van der Waals surface area contributed by atoms with E-state index in [1.54, 1.807) is 19.1 Å². The maximum absolute atomic E-state index is 13.2. The van der Waals surface area contributed by atoms with E-state index in [9.17, 15) is 18.0 Å². The lowest BCUT2D eigenvalue weighted by atomic mass is 9.82. The molecule has 0 heterocycles. The molecule has 1 aromatic carbocycles. The van der Waals surface area contributed by atoms with Crippen LogP contribution in [0.1, 0.15) is 48.8 Å². The van der Waals surface area contributed by atoms with Crippen LogP contribution in [0.5, 0.6) is 0 Å². The molecule has 1 aliphatic rings. The van der Waals surface area contributed by atoms with Gasteiger partial charge in [-0.2, -0.15) is 13.2 Å². The molecule has 2 N–H and O–H groups in total. The van der Waals surface area contributed by atoms with Crippen molar-refractivity contribution in [2.24, 2.45) is 11.8 Å². The standard InChI is InChI=1S/C22H28F3NO2/c1-16-11-12-19(20(13-16)22(23,24)25)15-26-14-18-9-6-5-8-17(18)7-3-2-4-10-21(27)28/h3,5-7,11-13,17-18,26H,2,4,8-10,14-15H2,1H3,(H,27,28)/b7-3-/t17-,18+/m0/s1. The highest BCUT2D eigenvalue weighted by Crippen LogP contribution is 2.33. The predicted molar refractivity (Wildman–Crippen MR) is 104 cm³/mol. The zero-order valence-corrected chi connectivity index (χ0v) is 16.1. The van der Waals surface area contributed by atoms with Crippen LogP contribution in [0.3, 0.4) is 0 Å². The molecule has 2 rings (SSSR count). The van der Waals surface area contributed by atoms with Gasteiger partial charge in [0.2, 0.25) is 0 Å². The topological polar surface area (TPSA) is 49.3 Å². The largest absolute Gasteiger partial charge is 0.481 e. The van der Waals surface area contributed by atoms with Crippen LogP contribution in [0, 0.1) is 18.8 Å². The minimum Gasteiger partial charge on any atom is -0.481 e. The number of carbonyl (C=O) groups is 1. The van der Waals surface area contributed by atoms with Gasteiger partial charge in [-0.1, -0.05) is 42.0 Å². The van der Waals surface area contributed by atoms with Crippen molar-refractivity contribution in [3.8, 4) is 0 Å². The van der Waals surface area contributed by atoms with Crippen LogP contribution >= 0.6 is 0 Å². The third-order valence-corrected chi connectivity index (χ3v) is 5.06. The number of hydrogen-bond donors (Lipinski definition) is 2. The molecular formula is C22H28F3NO2. The molecule has 1 aliphatic carbocycles. The summed E-state index contributed by atoms with van der Waals surface area (Å²) in [7, 11) is 0. The van der Waals surface area contributed by atoms with Gasteiger partial charge in [0, 0.05) is 13.0 Å². The van der Waals surface area contributed by atoms with E-state index in [1.165, 1.54) is 6.07 Å². The first-order valence-electron chi connectivity index (χ1n) is 9.68. The molecule has 2 atom stereocenters. The van der Waals surface area contributed by atoms with Crippen LogP contribution in [-0.2, 0) is 17.5 Å². The number of aliphatic carboxylic acids is 1. The minimum absolute atomic E-state index is 0.165. The number of hydrogen-bond acceptors (Lipinski definition) is 2.